The molecule has 0 spiro atoms. The second-order valence-electron chi connectivity index (χ2n) is 7.46. The van der Waals surface area contributed by atoms with Crippen molar-refractivity contribution < 1.29 is 18.9 Å². The molecule has 3 aromatic rings. The lowest BCUT2D eigenvalue weighted by atomic mass is 10.2. The molecule has 32 heavy (non-hydrogen) atoms. The predicted octanol–water partition coefficient (Wildman–Crippen LogP) is 3.93. The van der Waals surface area contributed by atoms with Crippen LogP contribution in [0, 0.1) is 0 Å². The molecule has 0 aliphatic rings. The zero-order chi connectivity index (χ0) is 22.8. The van der Waals surface area contributed by atoms with Gasteiger partial charge in [0.1, 0.15) is 11.0 Å². The molecule has 0 bridgehead atoms. The zero-order valence-electron chi connectivity index (χ0n) is 19.5. The van der Waals surface area contributed by atoms with E-state index in [-0.39, 0.29) is 0 Å². The van der Waals surface area contributed by atoms with E-state index in [1.807, 2.05) is 0 Å². The summed E-state index contributed by atoms with van der Waals surface area (Å²) in [6.45, 7) is 5.94. The molecule has 0 fully saturated rings. The van der Waals surface area contributed by atoms with Crippen LogP contribution >= 0.6 is 11.3 Å². The van der Waals surface area contributed by atoms with E-state index in [9.17, 15) is 0 Å². The average Bonchev–Trinajstić information content (AvgIpc) is 2.82. The minimum atomic E-state index is 0.670. The Hall–Kier alpha value is -2.10. The van der Waals surface area contributed by atoms with Gasteiger partial charge in [0.2, 0.25) is 11.3 Å². The lowest BCUT2D eigenvalue weighted by Gasteiger charge is -2.24. The number of aromatic nitrogens is 1. The van der Waals surface area contributed by atoms with E-state index >= 15 is 0 Å². The van der Waals surface area contributed by atoms with Gasteiger partial charge in [-0.05, 0) is 24.3 Å². The smallest absolute Gasteiger partial charge is 0.259 e. The van der Waals surface area contributed by atoms with E-state index < -0.39 is 0 Å². The summed E-state index contributed by atoms with van der Waals surface area (Å²) in [7, 11) is 6.92. The van der Waals surface area contributed by atoms with Crippen LogP contribution < -0.4 is 9.80 Å². The topological polar surface area (TPSA) is 56.3 Å². The first-order valence-electron chi connectivity index (χ1n) is 10.8. The summed E-state index contributed by atoms with van der Waals surface area (Å²) in [6, 6.07) is 12.9. The van der Waals surface area contributed by atoms with E-state index in [0.29, 0.717) is 26.4 Å². The number of ether oxygens (including phenoxy) is 4. The molecule has 174 valence electrons. The first kappa shape index (κ1) is 24.5. The lowest BCUT2D eigenvalue weighted by Crippen LogP contribution is -2.30. The van der Waals surface area contributed by atoms with Crippen LogP contribution in [0.3, 0.4) is 0 Å². The van der Waals surface area contributed by atoms with Crippen molar-refractivity contribution in [2.24, 2.45) is 0 Å². The standard InChI is InChI=1S/C24H34N3O4S/c1-28-13-9-26(10-14-29-2)19-5-7-21-23(17-19)32-24-18-20(6-8-22(24)25-21)27(11-15-30-3)12-16-31-4/h5-8,17-18H,9-16H2,1-4H3/q+1. The van der Waals surface area contributed by atoms with E-state index in [0.717, 1.165) is 58.0 Å². The maximum absolute atomic E-state index is 5.30. The maximum Gasteiger partial charge on any atom is 0.259 e. The van der Waals surface area contributed by atoms with E-state index in [4.69, 9.17) is 23.9 Å². The Kier molecular flexibility index (Phi) is 9.83. The van der Waals surface area contributed by atoms with E-state index in [2.05, 4.69) is 46.2 Å². The summed E-state index contributed by atoms with van der Waals surface area (Å²) in [5.41, 5.74) is 4.32. The molecule has 0 saturated carbocycles. The first-order chi connectivity index (χ1) is 15.7. The largest absolute Gasteiger partial charge is 0.383 e. The predicted molar refractivity (Wildman–Crippen MR) is 133 cm³/mol. The van der Waals surface area contributed by atoms with Crippen molar-refractivity contribution in [2.45, 2.75) is 0 Å². The number of methoxy groups -OCH3 is 4. The van der Waals surface area contributed by atoms with Crippen molar-refractivity contribution in [3.8, 4) is 0 Å². The molecule has 0 aliphatic carbocycles. The SMILES string of the molecule is COCCN(CCOC)c1ccc2nc3ccc(N(CCOC)CCOC)cc3[s+]c2c1. The number of hydrogen-bond donors (Lipinski definition) is 0. The number of fused-ring (bicyclic) bond motifs is 2. The minimum Gasteiger partial charge on any atom is -0.383 e. The Morgan fingerprint density at radius 2 is 1.00 bits per heavy atom. The molecule has 7 nitrogen and oxygen atoms in total. The van der Waals surface area contributed by atoms with Crippen LogP contribution in [0.25, 0.3) is 20.4 Å². The fourth-order valence-corrected chi connectivity index (χ4v) is 4.57. The third kappa shape index (κ3) is 6.46. The first-order valence-corrected chi connectivity index (χ1v) is 11.6. The minimum absolute atomic E-state index is 0.670. The van der Waals surface area contributed by atoms with Crippen molar-refractivity contribution in [1.29, 1.82) is 0 Å². The second kappa shape index (κ2) is 12.8. The van der Waals surface area contributed by atoms with Gasteiger partial charge in [-0.1, -0.05) is 0 Å². The lowest BCUT2D eigenvalue weighted by molar-refractivity contribution is 0.190. The third-order valence-corrected chi connectivity index (χ3v) is 6.43. The average molecular weight is 461 g/mol. The van der Waals surface area contributed by atoms with Crippen molar-refractivity contribution in [2.75, 3.05) is 90.8 Å². The Bertz CT molecular complexity index is 897. The molecule has 0 aliphatic heterocycles. The third-order valence-electron chi connectivity index (χ3n) is 5.34. The molecule has 0 atom stereocenters. The molecule has 1 heterocycles. The molecule has 2 aromatic carbocycles. The second-order valence-corrected chi connectivity index (χ2v) is 8.55. The Labute approximate surface area is 194 Å². The molecular weight excluding hydrogens is 426 g/mol. The van der Waals surface area contributed by atoms with Crippen molar-refractivity contribution in [3.63, 3.8) is 0 Å². The summed E-state index contributed by atoms with van der Waals surface area (Å²) in [5, 5.41) is 0. The quantitative estimate of drug-likeness (QED) is 0.267. The van der Waals surface area contributed by atoms with Gasteiger partial charge in [-0.25, -0.2) is 4.98 Å². The highest BCUT2D eigenvalue weighted by Gasteiger charge is 2.17. The number of hydrogen-bond acceptors (Lipinski definition) is 7. The maximum atomic E-state index is 5.30. The molecule has 8 heteroatoms. The van der Waals surface area contributed by atoms with Gasteiger partial charge in [0, 0.05) is 78.1 Å². The van der Waals surface area contributed by atoms with Crippen LogP contribution in [0.1, 0.15) is 0 Å². The van der Waals surface area contributed by atoms with Gasteiger partial charge in [-0.15, -0.1) is 0 Å². The van der Waals surface area contributed by atoms with Gasteiger partial charge in [-0.2, -0.15) is 0 Å². The van der Waals surface area contributed by atoms with Crippen LogP contribution in [0.2, 0.25) is 0 Å². The summed E-state index contributed by atoms with van der Waals surface area (Å²) >= 11 is 1.77. The van der Waals surface area contributed by atoms with Crippen molar-refractivity contribution >= 4 is 43.1 Å². The fourth-order valence-electron chi connectivity index (χ4n) is 3.54. The Morgan fingerprint density at radius 1 is 0.625 bits per heavy atom. The highest BCUT2D eigenvalue weighted by atomic mass is 32.1. The molecule has 3 rings (SSSR count). The van der Waals surface area contributed by atoms with Crippen LogP contribution in [0.4, 0.5) is 11.4 Å². The van der Waals surface area contributed by atoms with E-state index in [1.54, 1.807) is 39.8 Å². The van der Waals surface area contributed by atoms with Crippen LogP contribution in [-0.2, 0) is 18.9 Å². The van der Waals surface area contributed by atoms with Crippen molar-refractivity contribution in [1.82, 2.24) is 4.98 Å². The summed E-state index contributed by atoms with van der Waals surface area (Å²) in [5.74, 6) is 0. The summed E-state index contributed by atoms with van der Waals surface area (Å²) in [6.07, 6.45) is 0. The number of nitrogens with zero attached hydrogens (tertiary/aromatic N) is 3. The zero-order valence-corrected chi connectivity index (χ0v) is 20.3. The summed E-state index contributed by atoms with van der Waals surface area (Å²) < 4.78 is 23.5. The number of rotatable bonds is 14. The summed E-state index contributed by atoms with van der Waals surface area (Å²) in [4.78, 5) is 9.48. The van der Waals surface area contributed by atoms with Gasteiger partial charge < -0.3 is 28.7 Å². The number of benzene rings is 2. The van der Waals surface area contributed by atoms with Crippen LogP contribution in [0.5, 0.6) is 0 Å². The Balaban J connectivity index is 1.94. The van der Waals surface area contributed by atoms with Gasteiger partial charge in [-0.3, -0.25) is 0 Å². The monoisotopic (exact) mass is 460 g/mol. The molecule has 0 saturated heterocycles. The molecule has 0 N–H and O–H groups in total. The van der Waals surface area contributed by atoms with Crippen LogP contribution in [0.15, 0.2) is 36.4 Å². The fraction of sp³-hybridized carbons (Fsp3) is 0.500. The molecular formula is C24H34N3O4S+. The van der Waals surface area contributed by atoms with Gasteiger partial charge in [0.25, 0.3) is 9.40 Å². The van der Waals surface area contributed by atoms with E-state index in [1.165, 1.54) is 0 Å². The number of anilines is 2. The molecule has 0 radical (unpaired) electrons. The van der Waals surface area contributed by atoms with Crippen molar-refractivity contribution in [3.05, 3.63) is 36.4 Å². The molecule has 1 aromatic heterocycles. The van der Waals surface area contributed by atoms with Crippen LogP contribution in [-0.4, -0.2) is 86.0 Å². The highest BCUT2D eigenvalue weighted by molar-refractivity contribution is 7.24. The van der Waals surface area contributed by atoms with Gasteiger partial charge in [0.15, 0.2) is 0 Å². The molecule has 0 unspecified atom stereocenters. The molecule has 0 amide bonds. The Morgan fingerprint density at radius 3 is 1.34 bits per heavy atom. The highest BCUT2D eigenvalue weighted by Crippen LogP contribution is 2.31. The van der Waals surface area contributed by atoms with Gasteiger partial charge >= 0.3 is 0 Å². The normalized spacial score (nSPS) is 11.4. The van der Waals surface area contributed by atoms with Gasteiger partial charge in [0.05, 0.1) is 26.4 Å².